The quantitative estimate of drug-likeness (QED) is 0.421. The molecular weight excluding hydrogens is 240 g/mol. The Kier molecular flexibility index (Phi) is 5.86. The highest BCUT2D eigenvalue weighted by Crippen LogP contribution is 2.24. The second-order valence-electron chi connectivity index (χ2n) is 6.15. The Balaban J connectivity index is 2.85. The average molecular weight is 266 g/mol. The van der Waals surface area contributed by atoms with Gasteiger partial charge in [-0.15, -0.1) is 0 Å². The van der Waals surface area contributed by atoms with Gasteiger partial charge in [-0.05, 0) is 44.7 Å². The molecule has 0 fully saturated rings. The maximum absolute atomic E-state index is 12.0. The van der Waals surface area contributed by atoms with Gasteiger partial charge in [-0.3, -0.25) is 0 Å². The molecule has 0 bridgehead atoms. The molecule has 3 heteroatoms. The van der Waals surface area contributed by atoms with E-state index in [0.29, 0.717) is 6.61 Å². The highest BCUT2D eigenvalue weighted by atomic mass is 28.3. The number of hydrogen-bond donors (Lipinski definition) is 0. The summed E-state index contributed by atoms with van der Waals surface area (Å²) < 4.78 is 5.18. The van der Waals surface area contributed by atoms with Crippen LogP contribution < -0.4 is 0 Å². The summed E-state index contributed by atoms with van der Waals surface area (Å²) in [6.45, 7) is 9.19. The molecule has 0 radical (unpaired) electrons. The number of allylic oxidation sites excluding steroid dienone is 3. The van der Waals surface area contributed by atoms with Gasteiger partial charge in [0, 0.05) is 13.6 Å². The van der Waals surface area contributed by atoms with Crippen molar-refractivity contribution < 1.29 is 9.53 Å². The van der Waals surface area contributed by atoms with Crippen molar-refractivity contribution in [3.05, 3.63) is 23.3 Å². The van der Waals surface area contributed by atoms with Crippen molar-refractivity contribution in [3.8, 4) is 0 Å². The summed E-state index contributed by atoms with van der Waals surface area (Å²) in [5.41, 5.74) is 2.20. The van der Waals surface area contributed by atoms with Gasteiger partial charge in [0.2, 0.25) is 0 Å². The molecule has 1 aliphatic carbocycles. The third-order valence-electron chi connectivity index (χ3n) is 2.94. The Morgan fingerprint density at radius 1 is 1.39 bits per heavy atom. The third-order valence-corrected chi connectivity index (χ3v) is 4.39. The molecule has 1 rings (SSSR count). The van der Waals surface area contributed by atoms with Gasteiger partial charge >= 0.3 is 5.97 Å². The van der Waals surface area contributed by atoms with Crippen molar-refractivity contribution in [3.63, 3.8) is 0 Å². The van der Waals surface area contributed by atoms with Gasteiger partial charge in [0.25, 0.3) is 0 Å². The van der Waals surface area contributed by atoms with Gasteiger partial charge in [0.05, 0.1) is 6.61 Å². The summed E-state index contributed by atoms with van der Waals surface area (Å²) in [5, 5.41) is 0. The van der Waals surface area contributed by atoms with E-state index in [1.54, 1.807) is 0 Å². The standard InChI is InChI=1S/C15H26O2Si/c1-5-17-15(16)14(12-18(2,3)4)11-13-9-7-6-8-10-13/h9,11H,5-8,10,12H2,1-4H3/b14-11-. The third kappa shape index (κ3) is 5.67. The zero-order valence-corrected chi connectivity index (χ0v) is 13.2. The minimum absolute atomic E-state index is 0.119. The minimum atomic E-state index is -1.29. The van der Waals surface area contributed by atoms with Crippen LogP contribution in [0, 0.1) is 0 Å². The molecule has 0 spiro atoms. The molecule has 0 atom stereocenters. The summed E-state index contributed by atoms with van der Waals surface area (Å²) in [6, 6.07) is 0.906. The van der Waals surface area contributed by atoms with Crippen LogP contribution in [0.3, 0.4) is 0 Å². The van der Waals surface area contributed by atoms with E-state index in [-0.39, 0.29) is 5.97 Å². The molecule has 0 unspecified atom stereocenters. The Morgan fingerprint density at radius 3 is 2.61 bits per heavy atom. The maximum Gasteiger partial charge on any atom is 0.333 e. The fourth-order valence-electron chi connectivity index (χ4n) is 2.20. The van der Waals surface area contributed by atoms with E-state index >= 15 is 0 Å². The maximum atomic E-state index is 12.0. The van der Waals surface area contributed by atoms with E-state index in [1.807, 2.05) is 6.92 Å². The lowest BCUT2D eigenvalue weighted by Gasteiger charge is -2.18. The van der Waals surface area contributed by atoms with Gasteiger partial charge < -0.3 is 4.74 Å². The van der Waals surface area contributed by atoms with Crippen LogP contribution in [0.15, 0.2) is 23.3 Å². The number of hydrogen-bond acceptors (Lipinski definition) is 2. The monoisotopic (exact) mass is 266 g/mol. The Hall–Kier alpha value is -0.833. The van der Waals surface area contributed by atoms with Crippen LogP contribution >= 0.6 is 0 Å². The highest BCUT2D eigenvalue weighted by molar-refractivity contribution is 6.77. The lowest BCUT2D eigenvalue weighted by molar-refractivity contribution is -0.138. The molecule has 0 aliphatic heterocycles. The van der Waals surface area contributed by atoms with Crippen LogP contribution in [0.5, 0.6) is 0 Å². The fourth-order valence-corrected chi connectivity index (χ4v) is 3.58. The number of carbonyl (C=O) groups excluding carboxylic acids is 1. The first-order valence-electron chi connectivity index (χ1n) is 6.99. The smallest absolute Gasteiger partial charge is 0.333 e. The van der Waals surface area contributed by atoms with Gasteiger partial charge in [-0.2, -0.15) is 0 Å². The topological polar surface area (TPSA) is 26.3 Å². The predicted molar refractivity (Wildman–Crippen MR) is 79.4 cm³/mol. The Bertz CT molecular complexity index is 348. The molecule has 1 aliphatic rings. The summed E-state index contributed by atoms with van der Waals surface area (Å²) in [4.78, 5) is 12.0. The minimum Gasteiger partial charge on any atom is -0.463 e. The van der Waals surface area contributed by atoms with Gasteiger partial charge in [-0.1, -0.05) is 31.3 Å². The molecule has 0 aromatic heterocycles. The molecule has 0 saturated carbocycles. The molecule has 0 heterocycles. The van der Waals surface area contributed by atoms with E-state index in [4.69, 9.17) is 4.74 Å². The van der Waals surface area contributed by atoms with Crippen molar-refractivity contribution in [1.29, 1.82) is 0 Å². The number of ether oxygens (including phenoxy) is 1. The molecular formula is C15H26O2Si. The molecule has 102 valence electrons. The highest BCUT2D eigenvalue weighted by Gasteiger charge is 2.21. The second kappa shape index (κ2) is 6.93. The van der Waals surface area contributed by atoms with E-state index in [0.717, 1.165) is 24.5 Å². The van der Waals surface area contributed by atoms with E-state index < -0.39 is 8.07 Å². The van der Waals surface area contributed by atoms with Crippen molar-refractivity contribution in [2.45, 2.75) is 58.3 Å². The van der Waals surface area contributed by atoms with Gasteiger partial charge in [-0.25, -0.2) is 4.79 Å². The van der Waals surface area contributed by atoms with Gasteiger partial charge in [0.1, 0.15) is 0 Å². The first-order chi connectivity index (χ1) is 8.42. The Labute approximate surface area is 112 Å². The van der Waals surface area contributed by atoms with Crippen molar-refractivity contribution in [2.75, 3.05) is 6.61 Å². The van der Waals surface area contributed by atoms with Crippen LogP contribution in [0.4, 0.5) is 0 Å². The van der Waals surface area contributed by atoms with Crippen LogP contribution in [-0.2, 0) is 9.53 Å². The molecule has 0 aromatic carbocycles. The predicted octanol–water partition coefficient (Wildman–Crippen LogP) is 4.31. The van der Waals surface area contributed by atoms with Crippen molar-refractivity contribution >= 4 is 14.0 Å². The zero-order valence-electron chi connectivity index (χ0n) is 12.2. The van der Waals surface area contributed by atoms with E-state index in [2.05, 4.69) is 31.8 Å². The molecule has 0 aromatic rings. The first-order valence-corrected chi connectivity index (χ1v) is 10.7. The van der Waals surface area contributed by atoms with Crippen LogP contribution in [0.2, 0.25) is 25.7 Å². The summed E-state index contributed by atoms with van der Waals surface area (Å²) in [6.07, 6.45) is 9.14. The fraction of sp³-hybridized carbons (Fsp3) is 0.667. The summed E-state index contributed by atoms with van der Waals surface area (Å²) >= 11 is 0. The van der Waals surface area contributed by atoms with Gasteiger partial charge in [0.15, 0.2) is 0 Å². The first kappa shape index (κ1) is 15.2. The van der Waals surface area contributed by atoms with E-state index in [1.165, 1.54) is 18.4 Å². The molecule has 0 N–H and O–H groups in total. The lowest BCUT2D eigenvalue weighted by Crippen LogP contribution is -2.23. The largest absolute Gasteiger partial charge is 0.463 e. The summed E-state index contributed by atoms with van der Waals surface area (Å²) in [7, 11) is -1.29. The molecule has 2 nitrogen and oxygen atoms in total. The number of esters is 1. The molecule has 0 amide bonds. The molecule has 0 saturated heterocycles. The zero-order chi connectivity index (χ0) is 13.6. The molecule has 18 heavy (non-hydrogen) atoms. The summed E-state index contributed by atoms with van der Waals surface area (Å²) in [5.74, 6) is -0.119. The second-order valence-corrected chi connectivity index (χ2v) is 11.6. The average Bonchev–Trinajstić information content (AvgIpc) is 2.28. The number of carbonyl (C=O) groups is 1. The SMILES string of the molecule is CCOC(=O)/C(=C\C1=CCCCC1)C[Si](C)(C)C. The van der Waals surface area contributed by atoms with Crippen LogP contribution in [-0.4, -0.2) is 20.7 Å². The van der Waals surface area contributed by atoms with Crippen molar-refractivity contribution in [2.24, 2.45) is 0 Å². The Morgan fingerprint density at radius 2 is 2.11 bits per heavy atom. The van der Waals surface area contributed by atoms with Crippen LogP contribution in [0.1, 0.15) is 32.6 Å². The van der Waals surface area contributed by atoms with Crippen molar-refractivity contribution in [1.82, 2.24) is 0 Å². The van der Waals surface area contributed by atoms with Crippen LogP contribution in [0.25, 0.3) is 0 Å². The van der Waals surface area contributed by atoms with E-state index in [9.17, 15) is 4.79 Å². The number of rotatable bonds is 5. The lowest BCUT2D eigenvalue weighted by atomic mass is 9.98. The normalized spacial score (nSPS) is 17.3.